The summed E-state index contributed by atoms with van der Waals surface area (Å²) in [6.45, 7) is 3.62. The zero-order valence-electron chi connectivity index (χ0n) is 33.9. The molecule has 0 saturated carbocycles. The Morgan fingerprint density at radius 1 is 0.491 bits per heavy atom. The van der Waals surface area contributed by atoms with E-state index in [2.05, 4.69) is 60.9 Å². The Hall–Kier alpha value is -1.99. The predicted molar refractivity (Wildman–Crippen MR) is 221 cm³/mol. The molecule has 0 aliphatic carbocycles. The van der Waals surface area contributed by atoms with Crippen molar-refractivity contribution in [3.8, 4) is 0 Å². The summed E-state index contributed by atoms with van der Waals surface area (Å²) in [5.74, 6) is -0.945. The van der Waals surface area contributed by atoms with Crippen LogP contribution in [0.4, 0.5) is 0 Å². The summed E-state index contributed by atoms with van der Waals surface area (Å²) in [4.78, 5) is 42.8. The fourth-order valence-electron chi connectivity index (χ4n) is 5.90. The molecule has 0 aromatic carbocycles. The Morgan fingerprint density at radius 2 is 0.868 bits per heavy atom. The molecule has 0 aliphatic heterocycles. The van der Waals surface area contributed by atoms with Gasteiger partial charge in [-0.1, -0.05) is 184 Å². The first-order valence-electron chi connectivity index (χ1n) is 21.4. The van der Waals surface area contributed by atoms with Gasteiger partial charge in [-0.25, -0.2) is 4.57 Å². The number of phosphoric acid groups is 1. The van der Waals surface area contributed by atoms with Crippen molar-refractivity contribution < 1.29 is 37.9 Å². The van der Waals surface area contributed by atoms with Gasteiger partial charge in [-0.2, -0.15) is 0 Å². The molecule has 0 heterocycles. The lowest BCUT2D eigenvalue weighted by molar-refractivity contribution is -0.161. The average molecular weight is 767 g/mol. The molecule has 0 bridgehead atoms. The van der Waals surface area contributed by atoms with Crippen LogP contribution < -0.4 is 0 Å². The summed E-state index contributed by atoms with van der Waals surface area (Å²) in [6, 6.07) is 0. The number of carbonyl (C=O) groups is 2. The molecule has 0 radical (unpaired) electrons. The quantitative estimate of drug-likeness (QED) is 0.0275. The Bertz CT molecular complexity index is 999. The van der Waals surface area contributed by atoms with Crippen LogP contribution in [0.15, 0.2) is 48.6 Å². The number of carbonyl (C=O) groups excluding carboxylic acids is 2. The Balaban J connectivity index is 3.98. The van der Waals surface area contributed by atoms with E-state index in [0.29, 0.717) is 12.8 Å². The molecule has 9 heteroatoms. The van der Waals surface area contributed by atoms with Crippen LogP contribution in [0.3, 0.4) is 0 Å². The molecule has 0 aromatic rings. The first kappa shape index (κ1) is 51.0. The van der Waals surface area contributed by atoms with Gasteiger partial charge in [0.1, 0.15) is 6.61 Å². The molecule has 0 aromatic heterocycles. The fourth-order valence-corrected chi connectivity index (χ4v) is 6.26. The van der Waals surface area contributed by atoms with E-state index >= 15 is 0 Å². The summed E-state index contributed by atoms with van der Waals surface area (Å²) in [7, 11) is -4.77. The van der Waals surface area contributed by atoms with Crippen molar-refractivity contribution in [3.63, 3.8) is 0 Å². The Kier molecular flexibility index (Phi) is 38.2. The largest absolute Gasteiger partial charge is 0.469 e. The summed E-state index contributed by atoms with van der Waals surface area (Å²) >= 11 is 0. The molecule has 0 amide bonds. The van der Waals surface area contributed by atoms with E-state index in [1.54, 1.807) is 0 Å². The first-order chi connectivity index (χ1) is 25.8. The smallest absolute Gasteiger partial charge is 0.462 e. The maximum absolute atomic E-state index is 12.4. The summed E-state index contributed by atoms with van der Waals surface area (Å²) in [6.07, 6.45) is 48.4. The second-order valence-electron chi connectivity index (χ2n) is 14.3. The lowest BCUT2D eigenvalue weighted by Gasteiger charge is -2.18. The average Bonchev–Trinajstić information content (AvgIpc) is 3.13. The third-order valence-electron chi connectivity index (χ3n) is 9.10. The summed E-state index contributed by atoms with van der Waals surface area (Å²) in [5.41, 5.74) is 0. The first-order valence-corrected chi connectivity index (χ1v) is 23.0. The Labute approximate surface area is 324 Å². The van der Waals surface area contributed by atoms with Gasteiger partial charge >= 0.3 is 19.8 Å². The van der Waals surface area contributed by atoms with Gasteiger partial charge in [0, 0.05) is 12.8 Å². The number of unbranched alkanes of at least 4 members (excludes halogenated alkanes) is 21. The van der Waals surface area contributed by atoms with Gasteiger partial charge in [-0.3, -0.25) is 14.1 Å². The summed E-state index contributed by atoms with van der Waals surface area (Å²) in [5, 5.41) is 0. The third kappa shape index (κ3) is 42.6. The molecule has 2 N–H and O–H groups in total. The molecule has 0 spiro atoms. The maximum atomic E-state index is 12.4. The number of allylic oxidation sites excluding steroid dienone is 8. The number of hydrogen-bond donors (Lipinski definition) is 2. The topological polar surface area (TPSA) is 119 Å². The minimum Gasteiger partial charge on any atom is -0.462 e. The van der Waals surface area contributed by atoms with Crippen molar-refractivity contribution in [2.24, 2.45) is 0 Å². The highest BCUT2D eigenvalue weighted by Crippen LogP contribution is 2.36. The molecular weight excluding hydrogens is 687 g/mol. The third-order valence-corrected chi connectivity index (χ3v) is 9.59. The molecule has 8 nitrogen and oxygen atoms in total. The van der Waals surface area contributed by atoms with Crippen molar-refractivity contribution in [1.29, 1.82) is 0 Å². The number of rotatable bonds is 39. The minimum absolute atomic E-state index is 0.192. The summed E-state index contributed by atoms with van der Waals surface area (Å²) < 4.78 is 26.4. The van der Waals surface area contributed by atoms with Crippen LogP contribution in [0.25, 0.3) is 0 Å². The van der Waals surface area contributed by atoms with Crippen LogP contribution in [0.2, 0.25) is 0 Å². The van der Waals surface area contributed by atoms with E-state index in [1.165, 1.54) is 116 Å². The molecule has 53 heavy (non-hydrogen) atoms. The van der Waals surface area contributed by atoms with Crippen LogP contribution in [0.5, 0.6) is 0 Å². The molecule has 0 rings (SSSR count). The van der Waals surface area contributed by atoms with Crippen molar-refractivity contribution in [2.45, 2.75) is 206 Å². The van der Waals surface area contributed by atoms with Crippen molar-refractivity contribution in [2.75, 3.05) is 13.2 Å². The molecule has 0 aliphatic rings. The van der Waals surface area contributed by atoms with Crippen LogP contribution >= 0.6 is 7.82 Å². The molecule has 1 atom stereocenters. The highest BCUT2D eigenvalue weighted by atomic mass is 31.2. The monoisotopic (exact) mass is 767 g/mol. The van der Waals surface area contributed by atoms with E-state index in [0.717, 1.165) is 44.9 Å². The second kappa shape index (κ2) is 39.7. The number of hydrogen-bond acceptors (Lipinski definition) is 6. The number of phosphoric ester groups is 1. The van der Waals surface area contributed by atoms with Crippen molar-refractivity contribution in [1.82, 2.24) is 0 Å². The Morgan fingerprint density at radius 3 is 1.32 bits per heavy atom. The van der Waals surface area contributed by atoms with Crippen LogP contribution in [-0.2, 0) is 28.2 Å². The standard InChI is InChI=1S/C44H79O8P/c1-3-5-7-9-11-13-15-17-19-21-23-25-27-29-31-33-35-37-39-44(46)52-42(41-51-53(47,48)49)40-50-43(45)38-36-34-32-30-28-26-24-22-20-18-16-14-12-10-8-6-4-2/h12,14,18,20,24,26,30,32,42H,3-11,13,15-17,19,21-23,25,27-29,31,33-41H2,1-2H3,(H2,47,48,49)/b14-12+,20-18+,26-24+,32-30+/t42-/m1/s1. The zero-order chi connectivity index (χ0) is 38.9. The molecule has 0 saturated heterocycles. The van der Waals surface area contributed by atoms with Gasteiger partial charge in [-0.05, 0) is 51.4 Å². The molecular formula is C44H79O8P. The van der Waals surface area contributed by atoms with Crippen molar-refractivity contribution in [3.05, 3.63) is 48.6 Å². The SMILES string of the molecule is CCCCC/C=C/C/C=C/C/C=C/C/C=C/CCCC(=O)OC[C@H](COP(=O)(O)O)OC(=O)CCCCCCCCCCCCCCCCCCCC. The lowest BCUT2D eigenvalue weighted by Crippen LogP contribution is -2.29. The van der Waals surface area contributed by atoms with E-state index in [9.17, 15) is 14.2 Å². The van der Waals surface area contributed by atoms with E-state index < -0.39 is 32.5 Å². The van der Waals surface area contributed by atoms with Crippen LogP contribution in [0.1, 0.15) is 200 Å². The number of esters is 2. The van der Waals surface area contributed by atoms with Crippen LogP contribution in [-0.4, -0.2) is 41.0 Å². The van der Waals surface area contributed by atoms with E-state index in [1.807, 2.05) is 6.08 Å². The van der Waals surface area contributed by atoms with Gasteiger partial charge in [0.15, 0.2) is 6.10 Å². The van der Waals surface area contributed by atoms with Gasteiger partial charge < -0.3 is 19.3 Å². The molecule has 0 unspecified atom stereocenters. The zero-order valence-corrected chi connectivity index (χ0v) is 34.8. The maximum Gasteiger partial charge on any atom is 0.469 e. The normalized spacial score (nSPS) is 12.9. The molecule has 308 valence electrons. The van der Waals surface area contributed by atoms with Gasteiger partial charge in [-0.15, -0.1) is 0 Å². The van der Waals surface area contributed by atoms with E-state index in [-0.39, 0.29) is 19.4 Å². The van der Waals surface area contributed by atoms with Crippen LogP contribution in [0, 0.1) is 0 Å². The van der Waals surface area contributed by atoms with Gasteiger partial charge in [0.2, 0.25) is 0 Å². The number of ether oxygens (including phenoxy) is 2. The highest BCUT2D eigenvalue weighted by molar-refractivity contribution is 7.46. The second-order valence-corrected chi connectivity index (χ2v) is 15.6. The predicted octanol–water partition coefficient (Wildman–Crippen LogP) is 13.1. The van der Waals surface area contributed by atoms with Gasteiger partial charge in [0.05, 0.1) is 6.61 Å². The lowest BCUT2D eigenvalue weighted by atomic mass is 10.0. The molecule has 0 fully saturated rings. The van der Waals surface area contributed by atoms with Crippen molar-refractivity contribution >= 4 is 19.8 Å². The highest BCUT2D eigenvalue weighted by Gasteiger charge is 2.22. The van der Waals surface area contributed by atoms with Gasteiger partial charge in [0.25, 0.3) is 0 Å². The minimum atomic E-state index is -4.77. The van der Waals surface area contributed by atoms with E-state index in [4.69, 9.17) is 19.3 Å². The fraction of sp³-hybridized carbons (Fsp3) is 0.773.